The zero-order valence-corrected chi connectivity index (χ0v) is 13.8. The largest absolute Gasteiger partial charge is 0.452 e. The molecular formula is C14H24N2O5S. The van der Waals surface area contributed by atoms with E-state index >= 15 is 0 Å². The molecule has 0 saturated carbocycles. The van der Waals surface area contributed by atoms with Crippen LogP contribution in [0.2, 0.25) is 0 Å². The first-order chi connectivity index (χ1) is 10.4. The Kier molecular flexibility index (Phi) is 7.67. The van der Waals surface area contributed by atoms with Crippen LogP contribution in [0.3, 0.4) is 0 Å². The number of thioether (sulfide) groups is 1. The lowest BCUT2D eigenvalue weighted by Crippen LogP contribution is -2.49. The third-order valence-corrected chi connectivity index (χ3v) is 4.26. The molecule has 2 amide bonds. The Morgan fingerprint density at radius 1 is 1.18 bits per heavy atom. The molecule has 1 saturated heterocycles. The van der Waals surface area contributed by atoms with Crippen molar-refractivity contribution >= 4 is 29.5 Å². The monoisotopic (exact) mass is 332 g/mol. The van der Waals surface area contributed by atoms with E-state index in [1.165, 1.54) is 11.8 Å². The first-order valence-corrected chi connectivity index (χ1v) is 8.45. The molecule has 3 N–H and O–H groups in total. The van der Waals surface area contributed by atoms with Crippen molar-refractivity contribution < 1.29 is 24.2 Å². The van der Waals surface area contributed by atoms with Gasteiger partial charge in [0.2, 0.25) is 5.91 Å². The van der Waals surface area contributed by atoms with E-state index in [1.54, 1.807) is 13.8 Å². The van der Waals surface area contributed by atoms with Crippen molar-refractivity contribution in [2.24, 2.45) is 5.41 Å². The number of ether oxygens (including phenoxy) is 1. The van der Waals surface area contributed by atoms with Gasteiger partial charge in [0.25, 0.3) is 5.91 Å². The standard InChI is InChI=1S/C14H24N2O5S/c1-14(2,9-17)12-13(20)16-5-3-10(18)15-6-8-22-7-4-11(19)21-12/h12,17H,3-9H2,1-2H3,(H,15,18)(H,16,20)/t12-/m0/s1. The van der Waals surface area contributed by atoms with Crippen LogP contribution in [0.15, 0.2) is 0 Å². The fraction of sp³-hybridized carbons (Fsp3) is 0.786. The molecule has 0 aliphatic carbocycles. The summed E-state index contributed by atoms with van der Waals surface area (Å²) in [6.07, 6.45) is -0.735. The molecule has 0 spiro atoms. The highest BCUT2D eigenvalue weighted by Gasteiger charge is 2.38. The number of cyclic esters (lactones) is 1. The Hall–Kier alpha value is -1.28. The van der Waals surface area contributed by atoms with Gasteiger partial charge >= 0.3 is 5.97 Å². The summed E-state index contributed by atoms with van der Waals surface area (Å²) in [4.78, 5) is 35.6. The summed E-state index contributed by atoms with van der Waals surface area (Å²) in [6.45, 7) is 3.69. The zero-order chi connectivity index (χ0) is 16.6. The van der Waals surface area contributed by atoms with Crippen molar-refractivity contribution in [1.82, 2.24) is 10.6 Å². The lowest BCUT2D eigenvalue weighted by Gasteiger charge is -2.31. The minimum Gasteiger partial charge on any atom is -0.452 e. The maximum Gasteiger partial charge on any atom is 0.307 e. The summed E-state index contributed by atoms with van der Waals surface area (Å²) in [5.74, 6) is 0.188. The summed E-state index contributed by atoms with van der Waals surface area (Å²) >= 11 is 1.54. The highest BCUT2D eigenvalue weighted by molar-refractivity contribution is 7.99. The van der Waals surface area contributed by atoms with Gasteiger partial charge in [-0.1, -0.05) is 13.8 Å². The number of nitrogens with one attached hydrogen (secondary N) is 2. The van der Waals surface area contributed by atoms with E-state index in [0.717, 1.165) is 5.75 Å². The maximum atomic E-state index is 12.2. The van der Waals surface area contributed by atoms with E-state index in [9.17, 15) is 19.5 Å². The number of carbonyl (C=O) groups is 3. The molecule has 7 nitrogen and oxygen atoms in total. The highest BCUT2D eigenvalue weighted by atomic mass is 32.2. The van der Waals surface area contributed by atoms with E-state index in [4.69, 9.17) is 4.74 Å². The zero-order valence-electron chi connectivity index (χ0n) is 13.0. The van der Waals surface area contributed by atoms with Crippen molar-refractivity contribution in [2.75, 3.05) is 31.2 Å². The number of esters is 1. The van der Waals surface area contributed by atoms with Gasteiger partial charge in [0, 0.05) is 36.4 Å². The number of rotatable bonds is 2. The van der Waals surface area contributed by atoms with E-state index in [1.807, 2.05) is 0 Å². The molecule has 1 rings (SSSR count). The van der Waals surface area contributed by atoms with Crippen LogP contribution in [-0.4, -0.2) is 60.2 Å². The van der Waals surface area contributed by atoms with Gasteiger partial charge in [-0.3, -0.25) is 14.4 Å². The van der Waals surface area contributed by atoms with Gasteiger partial charge in [-0.05, 0) is 0 Å². The molecule has 0 aromatic carbocycles. The molecule has 8 heteroatoms. The molecule has 0 unspecified atom stereocenters. The van der Waals surface area contributed by atoms with E-state index in [-0.39, 0.29) is 31.9 Å². The topological polar surface area (TPSA) is 105 Å². The van der Waals surface area contributed by atoms with Crippen LogP contribution in [-0.2, 0) is 19.1 Å². The molecule has 1 heterocycles. The van der Waals surface area contributed by atoms with Gasteiger partial charge in [0.05, 0.1) is 13.0 Å². The number of amides is 2. The second-order valence-electron chi connectivity index (χ2n) is 5.77. The normalized spacial score (nSPS) is 23.0. The van der Waals surface area contributed by atoms with Crippen molar-refractivity contribution in [3.05, 3.63) is 0 Å². The van der Waals surface area contributed by atoms with Gasteiger partial charge in [-0.25, -0.2) is 0 Å². The van der Waals surface area contributed by atoms with Crippen LogP contribution in [0.1, 0.15) is 26.7 Å². The average molecular weight is 332 g/mol. The van der Waals surface area contributed by atoms with Crippen molar-refractivity contribution in [3.63, 3.8) is 0 Å². The van der Waals surface area contributed by atoms with Gasteiger partial charge in [-0.15, -0.1) is 0 Å². The van der Waals surface area contributed by atoms with Gasteiger partial charge in [-0.2, -0.15) is 11.8 Å². The van der Waals surface area contributed by atoms with Crippen molar-refractivity contribution in [3.8, 4) is 0 Å². The minimum atomic E-state index is -1.08. The molecule has 1 aliphatic heterocycles. The smallest absolute Gasteiger partial charge is 0.307 e. The molecule has 22 heavy (non-hydrogen) atoms. The second kappa shape index (κ2) is 8.99. The molecule has 0 aromatic heterocycles. The Labute approximate surface area is 134 Å². The molecule has 0 aromatic rings. The summed E-state index contributed by atoms with van der Waals surface area (Å²) < 4.78 is 5.27. The summed E-state index contributed by atoms with van der Waals surface area (Å²) in [6, 6.07) is 0. The van der Waals surface area contributed by atoms with Crippen LogP contribution < -0.4 is 10.6 Å². The fourth-order valence-electron chi connectivity index (χ4n) is 1.84. The molecule has 1 atom stereocenters. The Bertz CT molecular complexity index is 414. The first-order valence-electron chi connectivity index (χ1n) is 7.29. The van der Waals surface area contributed by atoms with Gasteiger partial charge in [0.1, 0.15) is 0 Å². The van der Waals surface area contributed by atoms with Gasteiger partial charge in [0.15, 0.2) is 6.10 Å². The van der Waals surface area contributed by atoms with Crippen LogP contribution >= 0.6 is 11.8 Å². The van der Waals surface area contributed by atoms with Crippen molar-refractivity contribution in [2.45, 2.75) is 32.8 Å². The predicted molar refractivity (Wildman–Crippen MR) is 83.3 cm³/mol. The molecular weight excluding hydrogens is 308 g/mol. The molecule has 0 radical (unpaired) electrons. The highest BCUT2D eigenvalue weighted by Crippen LogP contribution is 2.23. The maximum absolute atomic E-state index is 12.2. The number of hydrogen-bond acceptors (Lipinski definition) is 6. The number of aliphatic hydroxyl groups is 1. The Morgan fingerprint density at radius 3 is 2.59 bits per heavy atom. The molecule has 1 aliphatic rings. The predicted octanol–water partition coefficient (Wildman–Crippen LogP) is -0.324. The van der Waals surface area contributed by atoms with E-state index < -0.39 is 23.4 Å². The van der Waals surface area contributed by atoms with E-state index in [2.05, 4.69) is 10.6 Å². The fourth-order valence-corrected chi connectivity index (χ4v) is 2.60. The van der Waals surface area contributed by atoms with Gasteiger partial charge < -0.3 is 20.5 Å². The lowest BCUT2D eigenvalue weighted by atomic mass is 9.86. The third-order valence-electron chi connectivity index (χ3n) is 3.28. The Balaban J connectivity index is 2.77. The molecule has 0 bridgehead atoms. The number of carbonyl (C=O) groups excluding carboxylic acids is 3. The molecule has 126 valence electrons. The quantitative estimate of drug-likeness (QED) is 0.599. The average Bonchev–Trinajstić information content (AvgIpc) is 2.47. The summed E-state index contributed by atoms with van der Waals surface area (Å²) in [5.41, 5.74) is -0.897. The summed E-state index contributed by atoms with van der Waals surface area (Å²) in [7, 11) is 0. The Morgan fingerprint density at radius 2 is 1.91 bits per heavy atom. The second-order valence-corrected chi connectivity index (χ2v) is 6.99. The summed E-state index contributed by atoms with van der Waals surface area (Å²) in [5, 5.41) is 14.8. The van der Waals surface area contributed by atoms with Crippen LogP contribution in [0.5, 0.6) is 0 Å². The van der Waals surface area contributed by atoms with Crippen LogP contribution in [0.25, 0.3) is 0 Å². The van der Waals surface area contributed by atoms with Crippen LogP contribution in [0, 0.1) is 5.41 Å². The SMILES string of the molecule is CC(C)(CO)[C@H]1OC(=O)CCSCCNC(=O)CCNC1=O. The number of hydrogen-bond donors (Lipinski definition) is 3. The minimum absolute atomic E-state index is 0.132. The lowest BCUT2D eigenvalue weighted by molar-refractivity contribution is -0.164. The molecule has 1 fully saturated rings. The van der Waals surface area contributed by atoms with E-state index in [0.29, 0.717) is 12.3 Å². The van der Waals surface area contributed by atoms with Crippen molar-refractivity contribution in [1.29, 1.82) is 0 Å². The van der Waals surface area contributed by atoms with Crippen LogP contribution in [0.4, 0.5) is 0 Å². The first kappa shape index (κ1) is 18.8. The third kappa shape index (κ3) is 6.23. The number of aliphatic hydroxyl groups excluding tert-OH is 1.